The summed E-state index contributed by atoms with van der Waals surface area (Å²) in [5.74, 6) is 0.401. The molecule has 0 radical (unpaired) electrons. The first-order valence-electron chi connectivity index (χ1n) is 7.83. The Morgan fingerprint density at radius 3 is 2.71 bits per heavy atom. The van der Waals surface area contributed by atoms with Gasteiger partial charge in [-0.05, 0) is 30.3 Å². The average Bonchev–Trinajstić information content (AvgIpc) is 3.09. The van der Waals surface area contributed by atoms with Gasteiger partial charge in [0.15, 0.2) is 0 Å². The van der Waals surface area contributed by atoms with E-state index < -0.39 is 6.03 Å². The molecule has 0 aromatic heterocycles. The predicted molar refractivity (Wildman–Crippen MR) is 88.6 cm³/mol. The number of carbonyl (C=O) groups is 1. The highest BCUT2D eigenvalue weighted by Crippen LogP contribution is 2.19. The van der Waals surface area contributed by atoms with Gasteiger partial charge in [-0.25, -0.2) is 9.18 Å². The monoisotopic (exact) mass is 330 g/mol. The molecule has 1 aliphatic rings. The lowest BCUT2D eigenvalue weighted by Gasteiger charge is -2.12. The molecule has 0 aliphatic carbocycles. The molecule has 2 amide bonds. The van der Waals surface area contributed by atoms with Crippen molar-refractivity contribution in [2.45, 2.75) is 19.1 Å². The van der Waals surface area contributed by atoms with Crippen LogP contribution in [0.2, 0.25) is 0 Å². The summed E-state index contributed by atoms with van der Waals surface area (Å²) in [5, 5.41) is 5.32. The molecule has 0 saturated carbocycles. The molecule has 0 bridgehead atoms. The van der Waals surface area contributed by atoms with Gasteiger partial charge >= 0.3 is 6.03 Å². The number of anilines is 1. The maximum absolute atomic E-state index is 13.5. The summed E-state index contributed by atoms with van der Waals surface area (Å²) in [5.41, 5.74) is 1.08. The van der Waals surface area contributed by atoms with Crippen LogP contribution >= 0.6 is 0 Å². The van der Waals surface area contributed by atoms with Crippen LogP contribution in [0.25, 0.3) is 0 Å². The molecule has 2 aromatic rings. The first kappa shape index (κ1) is 16.3. The second-order valence-electron chi connectivity index (χ2n) is 5.53. The largest absolute Gasteiger partial charge is 0.488 e. The Morgan fingerprint density at radius 1 is 1.21 bits per heavy atom. The summed E-state index contributed by atoms with van der Waals surface area (Å²) < 4.78 is 24.5. The smallest absolute Gasteiger partial charge is 0.319 e. The van der Waals surface area contributed by atoms with Gasteiger partial charge in [-0.2, -0.15) is 0 Å². The highest BCUT2D eigenvalue weighted by atomic mass is 19.1. The Balaban J connectivity index is 1.48. The van der Waals surface area contributed by atoms with Crippen LogP contribution in [0.1, 0.15) is 12.0 Å². The normalized spacial score (nSPS) is 16.6. The Labute approximate surface area is 139 Å². The van der Waals surface area contributed by atoms with E-state index in [2.05, 4.69) is 10.6 Å². The zero-order chi connectivity index (χ0) is 16.8. The fraction of sp³-hybridized carbons (Fsp3) is 0.278. The Hall–Kier alpha value is -2.60. The van der Waals surface area contributed by atoms with E-state index in [0.29, 0.717) is 17.9 Å². The van der Waals surface area contributed by atoms with Crippen LogP contribution in [-0.4, -0.2) is 25.3 Å². The van der Waals surface area contributed by atoms with Crippen LogP contribution in [0, 0.1) is 5.82 Å². The van der Waals surface area contributed by atoms with Gasteiger partial charge in [0.25, 0.3) is 0 Å². The van der Waals surface area contributed by atoms with Crippen LogP contribution in [-0.2, 0) is 11.3 Å². The van der Waals surface area contributed by atoms with Gasteiger partial charge in [-0.1, -0.05) is 18.2 Å². The van der Waals surface area contributed by atoms with Crippen molar-refractivity contribution in [2.75, 3.05) is 18.5 Å². The summed E-state index contributed by atoms with van der Waals surface area (Å²) in [6.07, 6.45) is 0.978. The molecule has 1 aliphatic heterocycles. The minimum absolute atomic E-state index is 0.0906. The molecule has 24 heavy (non-hydrogen) atoms. The first-order valence-corrected chi connectivity index (χ1v) is 7.83. The van der Waals surface area contributed by atoms with E-state index in [1.165, 1.54) is 6.07 Å². The lowest BCUT2D eigenvalue weighted by atomic mass is 10.2. The maximum atomic E-state index is 13.5. The number of carbonyl (C=O) groups excluding carboxylic acids is 1. The van der Waals surface area contributed by atoms with Crippen molar-refractivity contribution in [1.82, 2.24) is 5.32 Å². The number of hydrogen-bond acceptors (Lipinski definition) is 3. The Morgan fingerprint density at radius 2 is 2.00 bits per heavy atom. The second-order valence-corrected chi connectivity index (χ2v) is 5.53. The topological polar surface area (TPSA) is 59.6 Å². The molecule has 1 fully saturated rings. The molecule has 126 valence electrons. The van der Waals surface area contributed by atoms with E-state index in [0.717, 1.165) is 18.8 Å². The molecular weight excluding hydrogens is 311 g/mol. The zero-order valence-electron chi connectivity index (χ0n) is 13.1. The molecule has 5 nitrogen and oxygen atoms in total. The lowest BCUT2D eigenvalue weighted by Crippen LogP contribution is -2.28. The molecular formula is C18H19FN2O3. The van der Waals surface area contributed by atoms with Crippen LogP contribution in [0.4, 0.5) is 14.9 Å². The van der Waals surface area contributed by atoms with Crippen LogP contribution < -0.4 is 15.4 Å². The third kappa shape index (κ3) is 4.45. The van der Waals surface area contributed by atoms with Crippen molar-refractivity contribution in [3.05, 3.63) is 59.9 Å². The number of benzene rings is 2. The number of nitrogens with one attached hydrogen (secondary N) is 2. The number of hydrogen-bond donors (Lipinski definition) is 2. The summed E-state index contributed by atoms with van der Waals surface area (Å²) in [6, 6.07) is 13.1. The summed E-state index contributed by atoms with van der Waals surface area (Å²) in [7, 11) is 0. The molecule has 1 unspecified atom stereocenters. The average molecular weight is 330 g/mol. The third-order valence-electron chi connectivity index (χ3n) is 3.70. The first-order chi connectivity index (χ1) is 11.7. The van der Waals surface area contributed by atoms with E-state index in [1.54, 1.807) is 42.5 Å². The van der Waals surface area contributed by atoms with Crippen molar-refractivity contribution >= 4 is 11.7 Å². The van der Waals surface area contributed by atoms with Crippen molar-refractivity contribution in [3.8, 4) is 5.75 Å². The van der Waals surface area contributed by atoms with Crippen molar-refractivity contribution in [3.63, 3.8) is 0 Å². The number of urea groups is 1. The number of halogens is 1. The third-order valence-corrected chi connectivity index (χ3v) is 3.70. The molecule has 6 heteroatoms. The van der Waals surface area contributed by atoms with Gasteiger partial charge in [-0.3, -0.25) is 0 Å². The number of rotatable bonds is 5. The van der Waals surface area contributed by atoms with Gasteiger partial charge in [0.2, 0.25) is 0 Å². The van der Waals surface area contributed by atoms with Crippen molar-refractivity contribution < 1.29 is 18.7 Å². The molecule has 1 heterocycles. The second kappa shape index (κ2) is 7.79. The molecule has 1 saturated heterocycles. The van der Waals surface area contributed by atoms with Gasteiger partial charge in [0.05, 0.1) is 13.2 Å². The predicted octanol–water partition coefficient (Wildman–Crippen LogP) is 3.32. The summed E-state index contributed by atoms with van der Waals surface area (Å²) in [6.45, 7) is 1.46. The number of ether oxygens (including phenoxy) is 2. The Kier molecular flexibility index (Phi) is 5.28. The maximum Gasteiger partial charge on any atom is 0.319 e. The standard InChI is InChI=1S/C18H19FN2O3/c19-17-4-2-1-3-13(17)11-20-18(22)21-14-5-7-15(8-6-14)24-16-9-10-23-12-16/h1-8,16H,9-12H2,(H2,20,21,22). The summed E-state index contributed by atoms with van der Waals surface area (Å²) >= 11 is 0. The SMILES string of the molecule is O=C(NCc1ccccc1F)Nc1ccc(OC2CCOC2)cc1. The minimum atomic E-state index is -0.392. The van der Waals surface area contributed by atoms with Gasteiger partial charge < -0.3 is 20.1 Å². The van der Waals surface area contributed by atoms with E-state index in [-0.39, 0.29) is 18.5 Å². The lowest BCUT2D eigenvalue weighted by molar-refractivity contribution is 0.141. The molecule has 3 rings (SSSR count). The highest BCUT2D eigenvalue weighted by molar-refractivity contribution is 5.89. The fourth-order valence-electron chi connectivity index (χ4n) is 2.41. The minimum Gasteiger partial charge on any atom is -0.488 e. The molecule has 2 aromatic carbocycles. The van der Waals surface area contributed by atoms with Crippen LogP contribution in [0.15, 0.2) is 48.5 Å². The van der Waals surface area contributed by atoms with E-state index in [4.69, 9.17) is 9.47 Å². The van der Waals surface area contributed by atoms with Gasteiger partial charge in [-0.15, -0.1) is 0 Å². The van der Waals surface area contributed by atoms with E-state index in [9.17, 15) is 9.18 Å². The summed E-state index contributed by atoms with van der Waals surface area (Å²) in [4.78, 5) is 11.9. The fourth-order valence-corrected chi connectivity index (χ4v) is 2.41. The van der Waals surface area contributed by atoms with Crippen LogP contribution in [0.3, 0.4) is 0 Å². The zero-order valence-corrected chi connectivity index (χ0v) is 13.1. The highest BCUT2D eigenvalue weighted by Gasteiger charge is 2.16. The Bertz CT molecular complexity index is 685. The number of amides is 2. The molecule has 2 N–H and O–H groups in total. The quantitative estimate of drug-likeness (QED) is 0.884. The van der Waals surface area contributed by atoms with E-state index >= 15 is 0 Å². The molecule has 1 atom stereocenters. The van der Waals surface area contributed by atoms with Gasteiger partial charge in [0.1, 0.15) is 17.7 Å². The molecule has 0 spiro atoms. The van der Waals surface area contributed by atoms with Crippen molar-refractivity contribution in [1.29, 1.82) is 0 Å². The van der Waals surface area contributed by atoms with Crippen LogP contribution in [0.5, 0.6) is 5.75 Å². The van der Waals surface area contributed by atoms with Crippen molar-refractivity contribution in [2.24, 2.45) is 0 Å². The van der Waals surface area contributed by atoms with Gasteiger partial charge in [0, 0.05) is 24.2 Å². The van der Waals surface area contributed by atoms with E-state index in [1.807, 2.05) is 0 Å².